The molecular formula is C14H15BrN2O3. The molecule has 2 saturated heterocycles. The maximum absolute atomic E-state index is 12.6. The molecule has 0 bridgehead atoms. The van der Waals surface area contributed by atoms with E-state index in [4.69, 9.17) is 4.74 Å². The first-order valence-electron chi connectivity index (χ1n) is 6.61. The molecule has 6 heteroatoms. The Kier molecular flexibility index (Phi) is 3.87. The van der Waals surface area contributed by atoms with Gasteiger partial charge in [0, 0.05) is 17.6 Å². The van der Waals surface area contributed by atoms with E-state index in [1.165, 1.54) is 4.90 Å². The van der Waals surface area contributed by atoms with Crippen LogP contribution in [-0.2, 0) is 14.3 Å². The number of imide groups is 1. The van der Waals surface area contributed by atoms with E-state index < -0.39 is 0 Å². The number of nitrogens with zero attached hydrogens (tertiary/aromatic N) is 2. The van der Waals surface area contributed by atoms with Crippen molar-refractivity contribution in [1.29, 1.82) is 0 Å². The van der Waals surface area contributed by atoms with Crippen LogP contribution in [0.3, 0.4) is 0 Å². The summed E-state index contributed by atoms with van der Waals surface area (Å²) in [4.78, 5) is 28.1. The number of morpholine rings is 1. The third-order valence-corrected chi connectivity index (χ3v) is 4.37. The molecule has 0 N–H and O–H groups in total. The van der Waals surface area contributed by atoms with Crippen molar-refractivity contribution < 1.29 is 14.3 Å². The van der Waals surface area contributed by atoms with Crippen LogP contribution in [0.5, 0.6) is 0 Å². The SMILES string of the molecule is O=C1C[C@@H](N2CCOCC2)C(=O)N1c1ccccc1Br. The molecule has 0 unspecified atom stereocenters. The van der Waals surface area contributed by atoms with Crippen LogP contribution in [0.25, 0.3) is 0 Å². The smallest absolute Gasteiger partial charge is 0.251 e. The van der Waals surface area contributed by atoms with Crippen molar-refractivity contribution in [2.45, 2.75) is 12.5 Å². The highest BCUT2D eigenvalue weighted by molar-refractivity contribution is 9.10. The molecule has 2 aliphatic rings. The summed E-state index contributed by atoms with van der Waals surface area (Å²) in [6, 6.07) is 6.94. The molecule has 0 radical (unpaired) electrons. The van der Waals surface area contributed by atoms with Gasteiger partial charge in [-0.3, -0.25) is 14.5 Å². The summed E-state index contributed by atoms with van der Waals surface area (Å²) >= 11 is 3.40. The minimum Gasteiger partial charge on any atom is -0.379 e. The van der Waals surface area contributed by atoms with E-state index in [-0.39, 0.29) is 24.3 Å². The van der Waals surface area contributed by atoms with E-state index in [1.807, 2.05) is 23.1 Å². The summed E-state index contributed by atoms with van der Waals surface area (Å²) < 4.78 is 6.05. The highest BCUT2D eigenvalue weighted by Crippen LogP contribution is 2.31. The number of ether oxygens (including phenoxy) is 1. The van der Waals surface area contributed by atoms with Gasteiger partial charge in [-0.2, -0.15) is 0 Å². The first-order valence-corrected chi connectivity index (χ1v) is 7.41. The Hall–Kier alpha value is -1.24. The van der Waals surface area contributed by atoms with E-state index in [0.717, 1.165) is 4.47 Å². The van der Waals surface area contributed by atoms with Gasteiger partial charge in [0.05, 0.1) is 31.4 Å². The van der Waals surface area contributed by atoms with Crippen molar-refractivity contribution in [2.24, 2.45) is 0 Å². The molecule has 2 amide bonds. The standard InChI is InChI=1S/C14H15BrN2O3/c15-10-3-1-2-4-11(10)17-13(18)9-12(14(17)19)16-5-7-20-8-6-16/h1-4,12H,5-9H2/t12-/m1/s1. The van der Waals surface area contributed by atoms with Gasteiger partial charge in [0.25, 0.3) is 5.91 Å². The van der Waals surface area contributed by atoms with Crippen molar-refractivity contribution in [3.63, 3.8) is 0 Å². The molecule has 0 saturated carbocycles. The van der Waals surface area contributed by atoms with Crippen LogP contribution in [0.2, 0.25) is 0 Å². The van der Waals surface area contributed by atoms with E-state index in [0.29, 0.717) is 32.0 Å². The maximum atomic E-state index is 12.6. The number of carbonyl (C=O) groups is 2. The molecule has 1 aromatic rings. The van der Waals surface area contributed by atoms with Crippen LogP contribution in [-0.4, -0.2) is 49.1 Å². The quantitative estimate of drug-likeness (QED) is 0.765. The Labute approximate surface area is 125 Å². The monoisotopic (exact) mass is 338 g/mol. The molecular weight excluding hydrogens is 324 g/mol. The van der Waals surface area contributed by atoms with Crippen LogP contribution < -0.4 is 4.90 Å². The molecule has 106 valence electrons. The van der Waals surface area contributed by atoms with Gasteiger partial charge < -0.3 is 4.74 Å². The molecule has 5 nitrogen and oxygen atoms in total. The second-order valence-electron chi connectivity index (χ2n) is 4.89. The molecule has 3 rings (SSSR count). The lowest BCUT2D eigenvalue weighted by Gasteiger charge is -2.30. The summed E-state index contributed by atoms with van der Waals surface area (Å²) in [7, 11) is 0. The summed E-state index contributed by atoms with van der Waals surface area (Å²) in [6.07, 6.45) is 0.250. The number of hydrogen-bond acceptors (Lipinski definition) is 4. The topological polar surface area (TPSA) is 49.9 Å². The first-order chi connectivity index (χ1) is 9.68. The molecule has 1 atom stereocenters. The zero-order valence-electron chi connectivity index (χ0n) is 10.9. The lowest BCUT2D eigenvalue weighted by molar-refractivity contribution is -0.123. The predicted octanol–water partition coefficient (Wildman–Crippen LogP) is 1.41. The fraction of sp³-hybridized carbons (Fsp3) is 0.429. The van der Waals surface area contributed by atoms with Gasteiger partial charge in [-0.05, 0) is 28.1 Å². The fourth-order valence-electron chi connectivity index (χ4n) is 2.68. The number of para-hydroxylation sites is 1. The average molecular weight is 339 g/mol. The molecule has 0 spiro atoms. The van der Waals surface area contributed by atoms with Gasteiger partial charge in [0.2, 0.25) is 5.91 Å². The van der Waals surface area contributed by atoms with E-state index in [2.05, 4.69) is 15.9 Å². The molecule has 0 aliphatic carbocycles. The summed E-state index contributed by atoms with van der Waals surface area (Å²) in [5.74, 6) is -0.276. The Morgan fingerprint density at radius 3 is 2.55 bits per heavy atom. The normalized spacial score (nSPS) is 24.4. The first kappa shape index (κ1) is 13.7. The molecule has 1 aromatic carbocycles. The summed E-state index contributed by atoms with van der Waals surface area (Å²) in [6.45, 7) is 2.64. The number of rotatable bonds is 2. The Morgan fingerprint density at radius 1 is 1.15 bits per heavy atom. The summed E-state index contributed by atoms with van der Waals surface area (Å²) in [5, 5.41) is 0. The molecule has 2 fully saturated rings. The average Bonchev–Trinajstić information content (AvgIpc) is 2.76. The molecule has 2 aliphatic heterocycles. The van der Waals surface area contributed by atoms with Gasteiger partial charge in [-0.15, -0.1) is 0 Å². The van der Waals surface area contributed by atoms with Crippen molar-refractivity contribution in [3.8, 4) is 0 Å². The number of carbonyl (C=O) groups excluding carboxylic acids is 2. The van der Waals surface area contributed by atoms with Crippen LogP contribution in [0, 0.1) is 0 Å². The maximum Gasteiger partial charge on any atom is 0.251 e. The summed E-state index contributed by atoms with van der Waals surface area (Å²) in [5.41, 5.74) is 0.623. The van der Waals surface area contributed by atoms with E-state index in [1.54, 1.807) is 6.07 Å². The largest absolute Gasteiger partial charge is 0.379 e. The van der Waals surface area contributed by atoms with E-state index >= 15 is 0 Å². The number of hydrogen-bond donors (Lipinski definition) is 0. The van der Waals surface area contributed by atoms with Crippen LogP contribution in [0.15, 0.2) is 28.7 Å². The Morgan fingerprint density at radius 2 is 1.85 bits per heavy atom. The van der Waals surface area contributed by atoms with Crippen molar-refractivity contribution in [2.75, 3.05) is 31.2 Å². The number of amides is 2. The molecule has 2 heterocycles. The van der Waals surface area contributed by atoms with Crippen molar-refractivity contribution in [1.82, 2.24) is 4.90 Å². The highest BCUT2D eigenvalue weighted by Gasteiger charge is 2.43. The van der Waals surface area contributed by atoms with Gasteiger partial charge in [0.15, 0.2) is 0 Å². The minimum absolute atomic E-state index is 0.135. The Bertz CT molecular complexity index is 543. The van der Waals surface area contributed by atoms with Crippen molar-refractivity contribution in [3.05, 3.63) is 28.7 Å². The third-order valence-electron chi connectivity index (χ3n) is 3.70. The highest BCUT2D eigenvalue weighted by atomic mass is 79.9. The predicted molar refractivity (Wildman–Crippen MR) is 77.4 cm³/mol. The van der Waals surface area contributed by atoms with Crippen LogP contribution >= 0.6 is 15.9 Å². The number of benzene rings is 1. The second-order valence-corrected chi connectivity index (χ2v) is 5.74. The van der Waals surface area contributed by atoms with E-state index in [9.17, 15) is 9.59 Å². The lowest BCUT2D eigenvalue weighted by atomic mass is 10.2. The zero-order chi connectivity index (χ0) is 14.1. The number of anilines is 1. The lowest BCUT2D eigenvalue weighted by Crippen LogP contribution is -2.47. The number of halogens is 1. The van der Waals surface area contributed by atoms with Gasteiger partial charge in [-0.25, -0.2) is 4.90 Å². The Balaban J connectivity index is 1.85. The molecule has 0 aromatic heterocycles. The van der Waals surface area contributed by atoms with Crippen LogP contribution in [0.4, 0.5) is 5.69 Å². The van der Waals surface area contributed by atoms with Crippen molar-refractivity contribution >= 4 is 33.4 Å². The second kappa shape index (κ2) is 5.63. The van der Waals surface area contributed by atoms with Crippen LogP contribution in [0.1, 0.15) is 6.42 Å². The zero-order valence-corrected chi connectivity index (χ0v) is 12.5. The van der Waals surface area contributed by atoms with Gasteiger partial charge in [0.1, 0.15) is 0 Å². The van der Waals surface area contributed by atoms with Gasteiger partial charge in [-0.1, -0.05) is 12.1 Å². The van der Waals surface area contributed by atoms with Gasteiger partial charge >= 0.3 is 0 Å². The fourth-order valence-corrected chi connectivity index (χ4v) is 3.14. The molecule has 20 heavy (non-hydrogen) atoms. The third kappa shape index (κ3) is 2.39. The minimum atomic E-state index is -0.349.